The van der Waals surface area contributed by atoms with E-state index in [-0.39, 0.29) is 15.8 Å². The Bertz CT molecular complexity index is 328. The predicted molar refractivity (Wildman–Crippen MR) is 46.5 cm³/mol. The Hall–Kier alpha value is -0.680. The maximum absolute atomic E-state index is 13.1. The molecule has 0 aliphatic heterocycles. The first kappa shape index (κ1) is 10.4. The quantitative estimate of drug-likeness (QED) is 0.819. The van der Waals surface area contributed by atoms with Gasteiger partial charge in [0.2, 0.25) is 5.82 Å². The van der Waals surface area contributed by atoms with Crippen molar-refractivity contribution in [2.45, 2.75) is 6.61 Å². The number of rotatable bonds is 2. The lowest BCUT2D eigenvalue weighted by Gasteiger charge is -2.07. The maximum Gasteiger partial charge on any atom is 0.202 e. The Morgan fingerprint density at radius 3 is 2.54 bits per heavy atom. The van der Waals surface area contributed by atoms with Crippen molar-refractivity contribution < 1.29 is 18.6 Å². The van der Waals surface area contributed by atoms with E-state index < -0.39 is 18.2 Å². The van der Waals surface area contributed by atoms with Crippen molar-refractivity contribution in [1.82, 2.24) is 0 Å². The molecule has 1 N–H and O–H groups in total. The maximum atomic E-state index is 13.1. The lowest BCUT2D eigenvalue weighted by atomic mass is 10.2. The highest BCUT2D eigenvalue weighted by atomic mass is 79.9. The van der Waals surface area contributed by atoms with E-state index in [4.69, 9.17) is 5.11 Å². The summed E-state index contributed by atoms with van der Waals surface area (Å²) in [6, 6.07) is 1.28. The van der Waals surface area contributed by atoms with Gasteiger partial charge in [-0.3, -0.25) is 0 Å². The van der Waals surface area contributed by atoms with E-state index in [0.717, 1.165) is 0 Å². The van der Waals surface area contributed by atoms with Crippen molar-refractivity contribution in [2.75, 3.05) is 7.11 Å². The van der Waals surface area contributed by atoms with Gasteiger partial charge in [-0.15, -0.1) is 0 Å². The van der Waals surface area contributed by atoms with Gasteiger partial charge < -0.3 is 9.84 Å². The zero-order valence-corrected chi connectivity index (χ0v) is 8.36. The van der Waals surface area contributed by atoms with Crippen LogP contribution in [0.25, 0.3) is 0 Å². The van der Waals surface area contributed by atoms with Gasteiger partial charge in [-0.1, -0.05) is 0 Å². The summed E-state index contributed by atoms with van der Waals surface area (Å²) in [7, 11) is 1.24. The monoisotopic (exact) mass is 252 g/mol. The van der Waals surface area contributed by atoms with Crippen molar-refractivity contribution in [2.24, 2.45) is 0 Å². The number of aliphatic hydroxyl groups is 1. The number of aliphatic hydroxyl groups excluding tert-OH is 1. The molecular formula is C8H7BrF2O2. The Morgan fingerprint density at radius 2 is 2.08 bits per heavy atom. The molecule has 0 atom stereocenters. The molecular weight excluding hydrogens is 246 g/mol. The number of halogens is 3. The third-order valence-electron chi connectivity index (χ3n) is 1.57. The summed E-state index contributed by atoms with van der Waals surface area (Å²) in [6.07, 6.45) is 0. The van der Waals surface area contributed by atoms with Gasteiger partial charge in [0.25, 0.3) is 0 Å². The molecule has 72 valence electrons. The molecule has 0 amide bonds. The summed E-state index contributed by atoms with van der Waals surface area (Å²) in [5.74, 6) is -2.38. The Balaban J connectivity index is 3.37. The van der Waals surface area contributed by atoms with Crippen LogP contribution < -0.4 is 4.74 Å². The van der Waals surface area contributed by atoms with E-state index in [0.29, 0.717) is 0 Å². The smallest absolute Gasteiger partial charge is 0.202 e. The van der Waals surface area contributed by atoms with Crippen LogP contribution in [0.1, 0.15) is 5.56 Å². The SMILES string of the molecule is COc1c(Br)cc(CO)c(F)c1F. The van der Waals surface area contributed by atoms with Crippen LogP contribution in [0.15, 0.2) is 10.5 Å². The second-order valence-electron chi connectivity index (χ2n) is 2.34. The molecule has 0 bridgehead atoms. The summed E-state index contributed by atoms with van der Waals surface area (Å²) in [5, 5.41) is 8.66. The molecule has 5 heteroatoms. The molecule has 2 nitrogen and oxygen atoms in total. The minimum absolute atomic E-state index is 0.106. The minimum atomic E-state index is -1.10. The van der Waals surface area contributed by atoms with Crippen LogP contribution in [0.4, 0.5) is 8.78 Å². The van der Waals surface area contributed by atoms with Gasteiger partial charge in [0, 0.05) is 5.56 Å². The van der Waals surface area contributed by atoms with E-state index in [1.54, 1.807) is 0 Å². The molecule has 0 aliphatic rings. The first-order valence-electron chi connectivity index (χ1n) is 3.43. The van der Waals surface area contributed by atoms with Crippen LogP contribution in [-0.4, -0.2) is 12.2 Å². The fraction of sp³-hybridized carbons (Fsp3) is 0.250. The van der Waals surface area contributed by atoms with Gasteiger partial charge in [-0.05, 0) is 22.0 Å². The zero-order chi connectivity index (χ0) is 10.0. The highest BCUT2D eigenvalue weighted by Crippen LogP contribution is 2.31. The van der Waals surface area contributed by atoms with Gasteiger partial charge in [0.05, 0.1) is 18.2 Å². The second kappa shape index (κ2) is 4.02. The van der Waals surface area contributed by atoms with Gasteiger partial charge in [0.1, 0.15) is 0 Å². The van der Waals surface area contributed by atoms with Crippen LogP contribution in [-0.2, 0) is 6.61 Å². The van der Waals surface area contributed by atoms with Gasteiger partial charge in [-0.25, -0.2) is 4.39 Å². The number of hydrogen-bond acceptors (Lipinski definition) is 2. The number of benzene rings is 1. The summed E-state index contributed by atoms with van der Waals surface area (Å²) in [5.41, 5.74) is -0.106. The molecule has 0 aliphatic carbocycles. The van der Waals surface area contributed by atoms with Crippen LogP contribution in [0.5, 0.6) is 5.75 Å². The lowest BCUT2D eigenvalue weighted by molar-refractivity contribution is 0.271. The second-order valence-corrected chi connectivity index (χ2v) is 3.19. The van der Waals surface area contributed by atoms with E-state index in [2.05, 4.69) is 20.7 Å². The molecule has 0 unspecified atom stereocenters. The van der Waals surface area contributed by atoms with Gasteiger partial charge in [0.15, 0.2) is 11.6 Å². The third-order valence-corrected chi connectivity index (χ3v) is 2.16. The van der Waals surface area contributed by atoms with E-state index in [1.807, 2.05) is 0 Å². The van der Waals surface area contributed by atoms with Crippen molar-refractivity contribution in [3.63, 3.8) is 0 Å². The molecule has 1 aromatic rings. The van der Waals surface area contributed by atoms with E-state index in [1.165, 1.54) is 13.2 Å². The fourth-order valence-corrected chi connectivity index (χ4v) is 1.54. The number of hydrogen-bond donors (Lipinski definition) is 1. The van der Waals surface area contributed by atoms with Crippen molar-refractivity contribution in [3.8, 4) is 5.75 Å². The number of ether oxygens (including phenoxy) is 1. The average molecular weight is 253 g/mol. The van der Waals surface area contributed by atoms with Gasteiger partial charge in [-0.2, -0.15) is 4.39 Å². The Kier molecular flexibility index (Phi) is 3.22. The standard InChI is InChI=1S/C8H7BrF2O2/c1-13-8-5(9)2-4(3-12)6(10)7(8)11/h2,12H,3H2,1H3. The van der Waals surface area contributed by atoms with E-state index >= 15 is 0 Å². The van der Waals surface area contributed by atoms with Crippen LogP contribution in [0, 0.1) is 11.6 Å². The molecule has 0 saturated heterocycles. The normalized spacial score (nSPS) is 10.2. The highest BCUT2D eigenvalue weighted by molar-refractivity contribution is 9.10. The lowest BCUT2D eigenvalue weighted by Crippen LogP contribution is -1.99. The van der Waals surface area contributed by atoms with Crippen LogP contribution in [0.3, 0.4) is 0 Å². The van der Waals surface area contributed by atoms with Crippen LogP contribution >= 0.6 is 15.9 Å². The molecule has 0 saturated carbocycles. The topological polar surface area (TPSA) is 29.5 Å². The first-order valence-corrected chi connectivity index (χ1v) is 4.22. The van der Waals surface area contributed by atoms with Crippen molar-refractivity contribution in [3.05, 3.63) is 27.7 Å². The summed E-state index contributed by atoms with van der Waals surface area (Å²) in [6.45, 7) is -0.550. The van der Waals surface area contributed by atoms with Gasteiger partial charge >= 0.3 is 0 Å². The fourth-order valence-electron chi connectivity index (χ4n) is 0.930. The molecule has 0 spiro atoms. The van der Waals surface area contributed by atoms with Crippen molar-refractivity contribution >= 4 is 15.9 Å². The molecule has 0 radical (unpaired) electrons. The largest absolute Gasteiger partial charge is 0.492 e. The number of methoxy groups -OCH3 is 1. The average Bonchev–Trinajstić information content (AvgIpc) is 2.12. The molecule has 1 aromatic carbocycles. The summed E-state index contributed by atoms with van der Waals surface area (Å²) in [4.78, 5) is 0. The third kappa shape index (κ3) is 1.81. The molecule has 13 heavy (non-hydrogen) atoms. The van der Waals surface area contributed by atoms with Crippen LogP contribution in [0.2, 0.25) is 0 Å². The summed E-state index contributed by atoms with van der Waals surface area (Å²) < 4.78 is 31.0. The first-order chi connectivity index (χ1) is 6.11. The molecule has 0 fully saturated rings. The Labute approximate surface area is 82.3 Å². The van der Waals surface area contributed by atoms with E-state index in [9.17, 15) is 8.78 Å². The molecule has 0 heterocycles. The highest BCUT2D eigenvalue weighted by Gasteiger charge is 2.17. The Morgan fingerprint density at radius 1 is 1.46 bits per heavy atom. The predicted octanol–water partition coefficient (Wildman–Crippen LogP) is 2.23. The zero-order valence-electron chi connectivity index (χ0n) is 6.77. The minimum Gasteiger partial charge on any atom is -0.492 e. The molecule has 0 aromatic heterocycles. The molecule has 1 rings (SSSR count). The van der Waals surface area contributed by atoms with Crippen molar-refractivity contribution in [1.29, 1.82) is 0 Å². The summed E-state index contributed by atoms with van der Waals surface area (Å²) >= 11 is 2.99.